The maximum absolute atomic E-state index is 14.4. The minimum absolute atomic E-state index is 0.0129. The normalized spacial score (nSPS) is 22.0. The molecule has 2 aliphatic rings. The number of methoxy groups -OCH3 is 2. The van der Waals surface area contributed by atoms with Gasteiger partial charge in [-0.1, -0.05) is 12.1 Å². The van der Waals surface area contributed by atoms with Crippen LogP contribution in [-0.2, 0) is 27.1 Å². The summed E-state index contributed by atoms with van der Waals surface area (Å²) in [5, 5.41) is 10.2. The van der Waals surface area contributed by atoms with Crippen molar-refractivity contribution in [3.63, 3.8) is 0 Å². The molecule has 2 atom stereocenters. The molecule has 3 aromatic rings. The second-order valence-electron chi connectivity index (χ2n) is 10.8. The van der Waals surface area contributed by atoms with E-state index in [0.29, 0.717) is 17.0 Å². The van der Waals surface area contributed by atoms with E-state index in [0.717, 1.165) is 60.8 Å². The molecule has 5 rings (SSSR count). The third-order valence-corrected chi connectivity index (χ3v) is 8.52. The molecule has 9 heteroatoms. The molecule has 1 fully saturated rings. The Morgan fingerprint density at radius 1 is 1.13 bits per heavy atom. The number of aliphatic carboxylic acids is 1. The molecule has 2 aromatic carbocycles. The molecule has 0 saturated heterocycles. The lowest BCUT2D eigenvalue weighted by atomic mass is 9.91. The maximum atomic E-state index is 14.4. The molecule has 1 aliphatic carbocycles. The van der Waals surface area contributed by atoms with Crippen LogP contribution in [0.25, 0.3) is 11.0 Å². The van der Waals surface area contributed by atoms with Crippen molar-refractivity contribution in [3.8, 4) is 0 Å². The molecule has 2 heterocycles. The number of benzene rings is 2. The Labute approximate surface area is 227 Å². The molecule has 208 valence electrons. The monoisotopic (exact) mass is 537 g/mol. The largest absolute Gasteiger partial charge is 0.481 e. The van der Waals surface area contributed by atoms with Crippen LogP contribution in [0, 0.1) is 12.7 Å². The lowest BCUT2D eigenvalue weighted by Crippen LogP contribution is -2.42. The van der Waals surface area contributed by atoms with Crippen LogP contribution < -0.4 is 4.90 Å². The van der Waals surface area contributed by atoms with Gasteiger partial charge in [-0.15, -0.1) is 0 Å². The Balaban J connectivity index is 1.63. The minimum atomic E-state index is -1.02. The van der Waals surface area contributed by atoms with E-state index in [1.807, 2.05) is 19.1 Å². The molecule has 0 spiro atoms. The van der Waals surface area contributed by atoms with Crippen LogP contribution in [-0.4, -0.2) is 53.1 Å². The fourth-order valence-corrected chi connectivity index (χ4v) is 6.27. The van der Waals surface area contributed by atoms with Gasteiger partial charge in [-0.25, -0.2) is 14.2 Å². The van der Waals surface area contributed by atoms with E-state index in [1.54, 1.807) is 31.1 Å². The summed E-state index contributed by atoms with van der Waals surface area (Å²) >= 11 is 0. The van der Waals surface area contributed by atoms with Crippen LogP contribution in [0.1, 0.15) is 73.5 Å². The van der Waals surface area contributed by atoms with E-state index in [4.69, 9.17) is 14.5 Å². The van der Waals surface area contributed by atoms with Crippen molar-refractivity contribution in [1.82, 2.24) is 9.55 Å². The average molecular weight is 538 g/mol. The van der Waals surface area contributed by atoms with Crippen molar-refractivity contribution < 1.29 is 28.6 Å². The van der Waals surface area contributed by atoms with Gasteiger partial charge in [-0.2, -0.15) is 0 Å². The second-order valence-corrected chi connectivity index (χ2v) is 10.8. The predicted molar refractivity (Wildman–Crippen MR) is 146 cm³/mol. The van der Waals surface area contributed by atoms with E-state index < -0.39 is 23.8 Å². The number of rotatable bonds is 6. The van der Waals surface area contributed by atoms with Crippen molar-refractivity contribution in [2.75, 3.05) is 19.1 Å². The quantitative estimate of drug-likeness (QED) is 0.419. The minimum Gasteiger partial charge on any atom is -0.481 e. The highest BCUT2D eigenvalue weighted by molar-refractivity contribution is 5.95. The van der Waals surface area contributed by atoms with Crippen LogP contribution in [0.4, 0.5) is 14.9 Å². The van der Waals surface area contributed by atoms with Crippen molar-refractivity contribution in [2.45, 2.75) is 82.9 Å². The fraction of sp³-hybridized carbons (Fsp3) is 0.500. The number of hydrogen-bond acceptors (Lipinski definition) is 5. The zero-order valence-corrected chi connectivity index (χ0v) is 22.9. The van der Waals surface area contributed by atoms with Crippen molar-refractivity contribution in [1.29, 1.82) is 0 Å². The van der Waals surface area contributed by atoms with Gasteiger partial charge >= 0.3 is 12.1 Å². The highest BCUT2D eigenvalue weighted by Gasteiger charge is 2.34. The topological polar surface area (TPSA) is 93.9 Å². The Morgan fingerprint density at radius 3 is 2.51 bits per heavy atom. The molecular weight excluding hydrogens is 501 g/mol. The number of nitrogens with zero attached hydrogens (tertiary/aromatic N) is 3. The SMILES string of the molecule is COC(=O)N1c2ccc3c(nc(C[C@@H](C(=O)O)c4ccc(C)c(F)c4)n3C3CCC(OC)CC3)c2CC[C@@H]1C. The number of halogens is 1. The number of hydrogen-bond donors (Lipinski definition) is 1. The Kier molecular flexibility index (Phi) is 7.62. The Morgan fingerprint density at radius 2 is 1.87 bits per heavy atom. The third-order valence-electron chi connectivity index (χ3n) is 8.52. The van der Waals surface area contributed by atoms with E-state index in [9.17, 15) is 19.1 Å². The number of aryl methyl sites for hydroxylation is 2. The molecule has 1 aromatic heterocycles. The number of ether oxygens (including phenoxy) is 2. The summed E-state index contributed by atoms with van der Waals surface area (Å²) in [4.78, 5) is 31.9. The number of imidazole rings is 1. The van der Waals surface area contributed by atoms with Gasteiger partial charge < -0.3 is 19.1 Å². The molecule has 1 saturated carbocycles. The molecule has 1 aliphatic heterocycles. The lowest BCUT2D eigenvalue weighted by Gasteiger charge is -2.34. The molecule has 8 nitrogen and oxygen atoms in total. The van der Waals surface area contributed by atoms with Gasteiger partial charge in [0.15, 0.2) is 0 Å². The number of carboxylic acid groups (broad SMARTS) is 1. The predicted octanol–water partition coefficient (Wildman–Crippen LogP) is 5.93. The summed E-state index contributed by atoms with van der Waals surface area (Å²) in [5.41, 5.74) is 4.36. The molecule has 1 amide bonds. The number of carboxylic acids is 1. The zero-order chi connectivity index (χ0) is 27.8. The summed E-state index contributed by atoms with van der Waals surface area (Å²) in [6.07, 6.45) is 5.03. The van der Waals surface area contributed by atoms with E-state index >= 15 is 0 Å². The van der Waals surface area contributed by atoms with Crippen molar-refractivity contribution in [2.24, 2.45) is 0 Å². The van der Waals surface area contributed by atoms with Gasteiger partial charge in [0.2, 0.25) is 0 Å². The molecule has 39 heavy (non-hydrogen) atoms. The number of amides is 1. The highest BCUT2D eigenvalue weighted by atomic mass is 19.1. The first-order chi connectivity index (χ1) is 18.7. The number of carbonyl (C=O) groups is 2. The van der Waals surface area contributed by atoms with Crippen molar-refractivity contribution >= 4 is 28.8 Å². The molecular formula is C30H36FN3O5. The van der Waals surface area contributed by atoms with Gasteiger partial charge in [0, 0.05) is 31.2 Å². The maximum Gasteiger partial charge on any atom is 0.414 e. The number of carbonyl (C=O) groups excluding carboxylic acids is 1. The van der Waals surface area contributed by atoms with Crippen LogP contribution in [0.2, 0.25) is 0 Å². The Hall–Kier alpha value is -3.46. The second kappa shape index (κ2) is 11.0. The summed E-state index contributed by atoms with van der Waals surface area (Å²) in [6.45, 7) is 3.66. The van der Waals surface area contributed by atoms with Crippen LogP contribution >= 0.6 is 0 Å². The summed E-state index contributed by atoms with van der Waals surface area (Å²) in [7, 11) is 3.12. The van der Waals surface area contributed by atoms with Gasteiger partial charge in [-0.05, 0) is 81.7 Å². The molecule has 1 N–H and O–H groups in total. The third kappa shape index (κ3) is 5.00. The smallest absolute Gasteiger partial charge is 0.414 e. The van der Waals surface area contributed by atoms with Crippen LogP contribution in [0.3, 0.4) is 0 Å². The zero-order valence-electron chi connectivity index (χ0n) is 22.9. The molecule has 0 bridgehead atoms. The molecule has 0 radical (unpaired) electrons. The van der Waals surface area contributed by atoms with Gasteiger partial charge in [0.25, 0.3) is 0 Å². The lowest BCUT2D eigenvalue weighted by molar-refractivity contribution is -0.138. The fourth-order valence-electron chi connectivity index (χ4n) is 6.27. The number of anilines is 1. The van der Waals surface area contributed by atoms with Crippen molar-refractivity contribution in [3.05, 3.63) is 58.7 Å². The Bertz CT molecular complexity index is 1390. The highest BCUT2D eigenvalue weighted by Crippen LogP contribution is 2.40. The van der Waals surface area contributed by atoms with Gasteiger partial charge in [0.1, 0.15) is 11.6 Å². The van der Waals surface area contributed by atoms with E-state index in [1.165, 1.54) is 13.2 Å². The summed E-state index contributed by atoms with van der Waals surface area (Å²) < 4.78 is 27.3. The van der Waals surface area contributed by atoms with E-state index in [-0.39, 0.29) is 24.6 Å². The van der Waals surface area contributed by atoms with Crippen LogP contribution in [0.15, 0.2) is 30.3 Å². The van der Waals surface area contributed by atoms with Gasteiger partial charge in [-0.3, -0.25) is 9.69 Å². The standard InChI is InChI=1S/C30H36FN3O5/c1-17-5-7-19(15-24(17)31)23(29(35)36)16-27-32-28-22-12-6-18(2)33(30(37)39-4)25(22)13-14-26(28)34(27)20-8-10-21(38-3)11-9-20/h5,7,13-15,18,20-21,23H,6,8-12,16H2,1-4H3,(H,35,36)/t18-,20?,21?,23+/m0/s1. The number of aromatic nitrogens is 2. The first-order valence-electron chi connectivity index (χ1n) is 13.6. The van der Waals surface area contributed by atoms with E-state index in [2.05, 4.69) is 4.57 Å². The molecule has 0 unspecified atom stereocenters. The van der Waals surface area contributed by atoms with Gasteiger partial charge in [0.05, 0.1) is 35.9 Å². The average Bonchev–Trinajstić information content (AvgIpc) is 3.31. The summed E-state index contributed by atoms with van der Waals surface area (Å²) in [5.74, 6) is -1.73. The summed E-state index contributed by atoms with van der Waals surface area (Å²) in [6, 6.07) is 8.70. The van der Waals surface area contributed by atoms with Crippen LogP contribution in [0.5, 0.6) is 0 Å². The first-order valence-corrected chi connectivity index (χ1v) is 13.6. The number of fused-ring (bicyclic) bond motifs is 3. The first kappa shape index (κ1) is 27.1.